The van der Waals surface area contributed by atoms with Crippen LogP contribution in [0.3, 0.4) is 0 Å². The maximum absolute atomic E-state index is 13.5. The molecule has 0 radical (unpaired) electrons. The fraction of sp³-hybridized carbons (Fsp3) is 0.0476. The Bertz CT molecular complexity index is 1370. The Balaban J connectivity index is 2.02. The zero-order valence-electron chi connectivity index (χ0n) is 16.6. The molecular weight excluding hydrogens is 491 g/mol. The second kappa shape index (κ2) is 9.87. The van der Waals surface area contributed by atoms with Crippen molar-refractivity contribution in [2.45, 2.75) is 4.90 Å². The lowest BCUT2D eigenvalue weighted by Crippen LogP contribution is -2.38. The van der Waals surface area contributed by atoms with Gasteiger partial charge in [0.05, 0.1) is 27.3 Å². The van der Waals surface area contributed by atoms with Gasteiger partial charge >= 0.3 is 0 Å². The van der Waals surface area contributed by atoms with Crippen LogP contribution in [0, 0.1) is 21.4 Å². The molecule has 0 saturated heterocycles. The maximum atomic E-state index is 13.5. The van der Waals surface area contributed by atoms with Crippen LogP contribution in [0.5, 0.6) is 0 Å². The predicted octanol–water partition coefficient (Wildman–Crippen LogP) is 4.61. The first-order valence-electron chi connectivity index (χ1n) is 9.14. The van der Waals surface area contributed by atoms with Crippen molar-refractivity contribution in [3.05, 3.63) is 92.5 Å². The first-order chi connectivity index (χ1) is 15.6. The molecule has 0 aliphatic rings. The average molecular weight is 505 g/mol. The van der Waals surface area contributed by atoms with Crippen LogP contribution < -0.4 is 9.62 Å². The van der Waals surface area contributed by atoms with Gasteiger partial charge in [-0.2, -0.15) is 5.26 Å². The van der Waals surface area contributed by atoms with Crippen LogP contribution >= 0.6 is 23.2 Å². The van der Waals surface area contributed by atoms with Crippen LogP contribution in [0.1, 0.15) is 5.56 Å². The minimum Gasteiger partial charge on any atom is -0.324 e. The average Bonchev–Trinajstić information content (AvgIpc) is 2.78. The highest BCUT2D eigenvalue weighted by atomic mass is 35.5. The number of carbonyl (C=O) groups is 1. The first-order valence-corrected chi connectivity index (χ1v) is 11.3. The van der Waals surface area contributed by atoms with Crippen molar-refractivity contribution in [2.24, 2.45) is 0 Å². The highest BCUT2D eigenvalue weighted by Gasteiger charge is 2.31. The van der Waals surface area contributed by atoms with Gasteiger partial charge in [-0.15, -0.1) is 0 Å². The van der Waals surface area contributed by atoms with E-state index in [1.165, 1.54) is 36.4 Å². The third-order valence-corrected chi connectivity index (χ3v) is 6.88. The summed E-state index contributed by atoms with van der Waals surface area (Å²) in [5.74, 6) is -0.717. The van der Waals surface area contributed by atoms with Crippen LogP contribution in [-0.2, 0) is 14.8 Å². The number of benzene rings is 3. The number of hydrogen-bond acceptors (Lipinski definition) is 6. The molecule has 0 aromatic heterocycles. The van der Waals surface area contributed by atoms with E-state index >= 15 is 0 Å². The second-order valence-corrected chi connectivity index (χ2v) is 9.28. The van der Waals surface area contributed by atoms with Gasteiger partial charge in [0.25, 0.3) is 15.7 Å². The molecule has 33 heavy (non-hydrogen) atoms. The summed E-state index contributed by atoms with van der Waals surface area (Å²) in [6, 6.07) is 16.6. The lowest BCUT2D eigenvalue weighted by Gasteiger charge is -2.24. The quantitative estimate of drug-likeness (QED) is 0.368. The van der Waals surface area contributed by atoms with E-state index in [2.05, 4.69) is 5.32 Å². The molecule has 0 aliphatic heterocycles. The number of rotatable bonds is 7. The molecule has 9 nitrogen and oxygen atoms in total. The van der Waals surface area contributed by atoms with Crippen molar-refractivity contribution < 1.29 is 18.1 Å². The van der Waals surface area contributed by atoms with Gasteiger partial charge in [0.2, 0.25) is 5.91 Å². The fourth-order valence-corrected chi connectivity index (χ4v) is 4.89. The summed E-state index contributed by atoms with van der Waals surface area (Å²) in [5.41, 5.74) is 0.203. The molecule has 0 spiro atoms. The lowest BCUT2D eigenvalue weighted by molar-refractivity contribution is -0.385. The predicted molar refractivity (Wildman–Crippen MR) is 124 cm³/mol. The van der Waals surface area contributed by atoms with Gasteiger partial charge in [-0.25, -0.2) is 8.42 Å². The number of amides is 1. The van der Waals surface area contributed by atoms with Crippen molar-refractivity contribution in [1.82, 2.24) is 0 Å². The second-order valence-electron chi connectivity index (χ2n) is 6.60. The highest BCUT2D eigenvalue weighted by Crippen LogP contribution is 2.32. The van der Waals surface area contributed by atoms with Crippen LogP contribution in [0.2, 0.25) is 10.0 Å². The third kappa shape index (κ3) is 5.59. The van der Waals surface area contributed by atoms with E-state index in [1.807, 2.05) is 6.07 Å². The van der Waals surface area contributed by atoms with Crippen LogP contribution in [0.15, 0.2) is 71.6 Å². The minimum atomic E-state index is -4.51. The zero-order chi connectivity index (χ0) is 24.2. The smallest absolute Gasteiger partial charge is 0.270 e. The number of nitriles is 1. The van der Waals surface area contributed by atoms with E-state index in [-0.39, 0.29) is 10.7 Å². The molecule has 3 rings (SSSR count). The molecule has 12 heteroatoms. The van der Waals surface area contributed by atoms with Gasteiger partial charge in [-0.1, -0.05) is 29.3 Å². The van der Waals surface area contributed by atoms with E-state index in [4.69, 9.17) is 28.5 Å². The molecule has 0 saturated carbocycles. The minimum absolute atomic E-state index is 0.0860. The molecular formula is C21H14Cl2N4O5S. The van der Waals surface area contributed by atoms with E-state index in [1.54, 1.807) is 12.1 Å². The molecule has 0 heterocycles. The Morgan fingerprint density at radius 3 is 2.42 bits per heavy atom. The molecule has 3 aromatic rings. The Morgan fingerprint density at radius 2 is 1.79 bits per heavy atom. The number of hydrogen-bond donors (Lipinski definition) is 1. The molecule has 168 valence electrons. The van der Waals surface area contributed by atoms with Crippen molar-refractivity contribution in [3.8, 4) is 6.07 Å². The van der Waals surface area contributed by atoms with Crippen molar-refractivity contribution in [2.75, 3.05) is 16.2 Å². The van der Waals surface area contributed by atoms with Crippen LogP contribution in [-0.4, -0.2) is 25.8 Å². The van der Waals surface area contributed by atoms with E-state index in [9.17, 15) is 23.3 Å². The Morgan fingerprint density at radius 1 is 1.09 bits per heavy atom. The van der Waals surface area contributed by atoms with Gasteiger partial charge in [-0.05, 0) is 48.5 Å². The van der Waals surface area contributed by atoms with Gasteiger partial charge in [0.1, 0.15) is 11.4 Å². The fourth-order valence-electron chi connectivity index (χ4n) is 2.84. The number of nitrogens with one attached hydrogen (secondary N) is 1. The lowest BCUT2D eigenvalue weighted by atomic mass is 10.2. The van der Waals surface area contributed by atoms with Gasteiger partial charge in [0.15, 0.2) is 0 Å². The molecule has 0 bridgehead atoms. The summed E-state index contributed by atoms with van der Waals surface area (Å²) >= 11 is 12.0. The summed E-state index contributed by atoms with van der Waals surface area (Å²) in [6.07, 6.45) is 0. The normalized spacial score (nSPS) is 10.8. The van der Waals surface area contributed by atoms with Crippen LogP contribution in [0.4, 0.5) is 17.1 Å². The van der Waals surface area contributed by atoms with Crippen molar-refractivity contribution >= 4 is 56.2 Å². The van der Waals surface area contributed by atoms with E-state index < -0.39 is 38.0 Å². The first kappa shape index (κ1) is 24.0. The number of nitro benzene ring substituents is 1. The zero-order valence-corrected chi connectivity index (χ0v) is 18.9. The summed E-state index contributed by atoms with van der Waals surface area (Å²) in [7, 11) is -4.51. The molecule has 0 aliphatic carbocycles. The molecule has 3 aromatic carbocycles. The standard InChI is InChI=1S/C21H14Cl2N4O5S/c22-15-4-6-17(7-5-15)26(13-21(28)25-16-3-1-2-14(10-16)12-24)33(31,32)20-11-18(27(29)30)8-9-19(20)23/h1-11H,13H2,(H,25,28). The van der Waals surface area contributed by atoms with Gasteiger partial charge in [0, 0.05) is 22.8 Å². The molecule has 1 N–H and O–H groups in total. The number of non-ortho nitro benzene ring substituents is 1. The van der Waals surface area contributed by atoms with E-state index in [0.717, 1.165) is 22.5 Å². The Labute approximate surface area is 199 Å². The summed E-state index contributed by atoms with van der Waals surface area (Å²) in [4.78, 5) is 22.6. The monoisotopic (exact) mass is 504 g/mol. The van der Waals surface area contributed by atoms with Crippen LogP contribution in [0.25, 0.3) is 0 Å². The largest absolute Gasteiger partial charge is 0.324 e. The molecule has 1 amide bonds. The number of nitro groups is 1. The molecule has 0 atom stereocenters. The Kier molecular flexibility index (Phi) is 7.18. The summed E-state index contributed by atoms with van der Waals surface area (Å²) in [6.45, 7) is -0.681. The topological polar surface area (TPSA) is 133 Å². The van der Waals surface area contributed by atoms with Gasteiger partial charge in [-0.3, -0.25) is 19.2 Å². The number of anilines is 2. The third-order valence-electron chi connectivity index (χ3n) is 4.37. The van der Waals surface area contributed by atoms with Gasteiger partial charge < -0.3 is 5.32 Å². The van der Waals surface area contributed by atoms with E-state index in [0.29, 0.717) is 16.3 Å². The maximum Gasteiger partial charge on any atom is 0.270 e. The highest BCUT2D eigenvalue weighted by molar-refractivity contribution is 7.93. The summed E-state index contributed by atoms with van der Waals surface area (Å²) < 4.78 is 27.7. The number of sulfonamides is 1. The number of carbonyl (C=O) groups excluding carboxylic acids is 1. The summed E-state index contributed by atoms with van der Waals surface area (Å²) in [5, 5.41) is 22.8. The Hall–Kier alpha value is -3.65. The SMILES string of the molecule is N#Cc1cccc(NC(=O)CN(c2ccc(Cl)cc2)S(=O)(=O)c2cc([N+](=O)[O-])ccc2Cl)c1. The molecule has 0 fully saturated rings. The number of nitrogens with zero attached hydrogens (tertiary/aromatic N) is 3. The van der Waals surface area contributed by atoms with Crippen molar-refractivity contribution in [3.63, 3.8) is 0 Å². The number of halogens is 2. The molecule has 0 unspecified atom stereocenters. The van der Waals surface area contributed by atoms with Crippen molar-refractivity contribution in [1.29, 1.82) is 5.26 Å².